The summed E-state index contributed by atoms with van der Waals surface area (Å²) in [5.74, 6) is -0.426. The summed E-state index contributed by atoms with van der Waals surface area (Å²) < 4.78 is 51.8. The van der Waals surface area contributed by atoms with Gasteiger partial charge in [0.15, 0.2) is 0 Å². The minimum Gasteiger partial charge on any atom is -0.497 e. The maximum Gasteiger partial charge on any atom is 0.416 e. The Hall–Kier alpha value is -3.82. The van der Waals surface area contributed by atoms with Crippen LogP contribution in [0.2, 0.25) is 0 Å². The predicted molar refractivity (Wildman–Crippen MR) is 114 cm³/mol. The molecule has 0 bridgehead atoms. The largest absolute Gasteiger partial charge is 0.497 e. The fourth-order valence-electron chi connectivity index (χ4n) is 3.35. The second-order valence-corrected chi connectivity index (χ2v) is 7.09. The van der Waals surface area contributed by atoms with E-state index in [9.17, 15) is 27.6 Å². The summed E-state index contributed by atoms with van der Waals surface area (Å²) in [5.41, 5.74) is -2.75. The van der Waals surface area contributed by atoms with Crippen molar-refractivity contribution < 1.29 is 27.4 Å². The van der Waals surface area contributed by atoms with Crippen molar-refractivity contribution in [3.05, 3.63) is 91.8 Å². The first-order chi connectivity index (χ1) is 15.6. The molecule has 0 unspecified atom stereocenters. The van der Waals surface area contributed by atoms with Crippen LogP contribution < -0.4 is 16.0 Å². The highest BCUT2D eigenvalue weighted by molar-refractivity contribution is 5.88. The van der Waals surface area contributed by atoms with Crippen LogP contribution in [0.15, 0.2) is 58.3 Å². The van der Waals surface area contributed by atoms with Gasteiger partial charge in [0, 0.05) is 6.20 Å². The lowest BCUT2D eigenvalue weighted by Gasteiger charge is -2.16. The van der Waals surface area contributed by atoms with Gasteiger partial charge >= 0.3 is 17.8 Å². The van der Waals surface area contributed by atoms with Gasteiger partial charge < -0.3 is 9.47 Å². The van der Waals surface area contributed by atoms with Gasteiger partial charge in [-0.25, -0.2) is 9.59 Å². The lowest BCUT2D eigenvalue weighted by atomic mass is 10.0. The maximum atomic E-state index is 13.3. The highest BCUT2D eigenvalue weighted by atomic mass is 19.4. The Kier molecular flexibility index (Phi) is 6.75. The summed E-state index contributed by atoms with van der Waals surface area (Å²) in [6, 6.07) is 9.76. The number of nitrogens with zero attached hydrogens (tertiary/aromatic N) is 2. The van der Waals surface area contributed by atoms with E-state index >= 15 is 0 Å². The van der Waals surface area contributed by atoms with Crippen molar-refractivity contribution in [2.75, 3.05) is 13.7 Å². The fraction of sp³-hybridized carbons (Fsp3) is 0.261. The van der Waals surface area contributed by atoms with E-state index in [0.717, 1.165) is 21.4 Å². The molecule has 7 nitrogen and oxygen atoms in total. The number of benzene rings is 2. The molecule has 2 aromatic carbocycles. The van der Waals surface area contributed by atoms with Crippen molar-refractivity contribution in [3.8, 4) is 11.4 Å². The van der Waals surface area contributed by atoms with Crippen LogP contribution in [-0.2, 0) is 17.5 Å². The number of carbonyl (C=O) groups excluding carboxylic acids is 1. The zero-order valence-electron chi connectivity index (χ0n) is 18.1. The molecule has 0 saturated carbocycles. The van der Waals surface area contributed by atoms with Gasteiger partial charge in [-0.15, -0.1) is 0 Å². The molecule has 0 N–H and O–H groups in total. The molecule has 1 heterocycles. The quantitative estimate of drug-likeness (QED) is 0.524. The van der Waals surface area contributed by atoms with Crippen molar-refractivity contribution in [3.63, 3.8) is 0 Å². The van der Waals surface area contributed by atoms with Gasteiger partial charge in [-0.1, -0.05) is 12.1 Å². The second-order valence-electron chi connectivity index (χ2n) is 7.09. The Labute approximate surface area is 186 Å². The van der Waals surface area contributed by atoms with E-state index in [2.05, 4.69) is 0 Å². The minimum atomic E-state index is -4.60. The normalized spacial score (nSPS) is 11.3. The SMILES string of the molecule is CCOC(=O)c1cn(-c2ccc(OC)cc2)c(=O)n(Cc2cccc(C(F)(F)F)c2C)c1=O. The van der Waals surface area contributed by atoms with Gasteiger partial charge in [0.1, 0.15) is 11.3 Å². The summed E-state index contributed by atoms with van der Waals surface area (Å²) in [4.78, 5) is 38.6. The van der Waals surface area contributed by atoms with E-state index in [0.29, 0.717) is 11.4 Å². The Morgan fingerprint density at radius 1 is 1.06 bits per heavy atom. The Morgan fingerprint density at radius 3 is 2.30 bits per heavy atom. The standard InChI is InChI=1S/C23H21F3N2O5/c1-4-33-21(30)18-13-27(16-8-10-17(32-3)11-9-16)22(31)28(20(18)29)12-15-6-5-7-19(14(15)2)23(24,25)26/h5-11,13H,4,12H2,1-3H3. The molecule has 0 saturated heterocycles. The lowest BCUT2D eigenvalue weighted by Crippen LogP contribution is -2.42. The number of methoxy groups -OCH3 is 1. The molecule has 0 radical (unpaired) electrons. The highest BCUT2D eigenvalue weighted by Crippen LogP contribution is 2.33. The van der Waals surface area contributed by atoms with Crippen LogP contribution in [0.5, 0.6) is 5.75 Å². The molecule has 0 fully saturated rings. The van der Waals surface area contributed by atoms with Crippen molar-refractivity contribution in [1.29, 1.82) is 0 Å². The Balaban J connectivity index is 2.22. The summed E-state index contributed by atoms with van der Waals surface area (Å²) in [6.07, 6.45) is -3.53. The van der Waals surface area contributed by atoms with Crippen LogP contribution >= 0.6 is 0 Å². The van der Waals surface area contributed by atoms with Crippen molar-refractivity contribution in [2.24, 2.45) is 0 Å². The molecule has 0 aliphatic rings. The fourth-order valence-corrected chi connectivity index (χ4v) is 3.35. The highest BCUT2D eigenvalue weighted by Gasteiger charge is 2.33. The van der Waals surface area contributed by atoms with Gasteiger partial charge in [0.2, 0.25) is 0 Å². The number of hydrogen-bond donors (Lipinski definition) is 0. The number of rotatable bonds is 6. The molecular formula is C23H21F3N2O5. The molecule has 0 aliphatic carbocycles. The van der Waals surface area contributed by atoms with Crippen LogP contribution in [0, 0.1) is 6.92 Å². The number of hydrogen-bond acceptors (Lipinski definition) is 5. The van der Waals surface area contributed by atoms with E-state index in [1.165, 1.54) is 26.2 Å². The molecule has 0 amide bonds. The molecule has 1 aromatic heterocycles. The smallest absolute Gasteiger partial charge is 0.416 e. The molecule has 0 aliphatic heterocycles. The summed E-state index contributed by atoms with van der Waals surface area (Å²) >= 11 is 0. The second kappa shape index (κ2) is 9.35. The molecule has 10 heteroatoms. The van der Waals surface area contributed by atoms with Crippen LogP contribution in [0.3, 0.4) is 0 Å². The van der Waals surface area contributed by atoms with Crippen LogP contribution in [-0.4, -0.2) is 28.8 Å². The zero-order chi connectivity index (χ0) is 24.3. The molecule has 33 heavy (non-hydrogen) atoms. The molecule has 3 aromatic rings. The van der Waals surface area contributed by atoms with Crippen molar-refractivity contribution in [1.82, 2.24) is 9.13 Å². The van der Waals surface area contributed by atoms with E-state index in [1.807, 2.05) is 0 Å². The number of esters is 1. The van der Waals surface area contributed by atoms with Gasteiger partial charge in [0.05, 0.1) is 31.5 Å². The van der Waals surface area contributed by atoms with Gasteiger partial charge in [-0.05, 0) is 55.3 Å². The Bertz CT molecular complexity index is 1290. The topological polar surface area (TPSA) is 79.5 Å². The van der Waals surface area contributed by atoms with Crippen LogP contribution in [0.25, 0.3) is 5.69 Å². The molecular weight excluding hydrogens is 441 g/mol. The minimum absolute atomic E-state index is 0.00727. The van der Waals surface area contributed by atoms with E-state index in [4.69, 9.17) is 9.47 Å². The van der Waals surface area contributed by atoms with Gasteiger partial charge in [-0.3, -0.25) is 13.9 Å². The first kappa shape index (κ1) is 23.8. The summed E-state index contributed by atoms with van der Waals surface area (Å²) in [6.45, 7) is 2.35. The summed E-state index contributed by atoms with van der Waals surface area (Å²) in [5, 5.41) is 0. The predicted octanol–water partition coefficient (Wildman–Crippen LogP) is 3.56. The zero-order valence-corrected chi connectivity index (χ0v) is 18.1. The number of carbonyl (C=O) groups is 1. The first-order valence-electron chi connectivity index (χ1n) is 9.92. The average molecular weight is 462 g/mol. The third kappa shape index (κ3) is 4.84. The number of aromatic nitrogens is 2. The first-order valence-corrected chi connectivity index (χ1v) is 9.92. The van der Waals surface area contributed by atoms with Crippen molar-refractivity contribution >= 4 is 5.97 Å². The third-order valence-corrected chi connectivity index (χ3v) is 5.10. The van der Waals surface area contributed by atoms with E-state index in [1.54, 1.807) is 31.2 Å². The third-order valence-electron chi connectivity index (χ3n) is 5.10. The lowest BCUT2D eigenvalue weighted by molar-refractivity contribution is -0.138. The van der Waals surface area contributed by atoms with Crippen molar-refractivity contribution in [2.45, 2.75) is 26.6 Å². The maximum absolute atomic E-state index is 13.3. The van der Waals surface area contributed by atoms with Crippen LogP contribution in [0.4, 0.5) is 13.2 Å². The molecule has 174 valence electrons. The number of ether oxygens (including phenoxy) is 2. The molecule has 0 atom stereocenters. The molecule has 3 rings (SSSR count). The average Bonchev–Trinajstić information content (AvgIpc) is 2.77. The number of alkyl halides is 3. The monoisotopic (exact) mass is 462 g/mol. The Morgan fingerprint density at radius 2 is 1.73 bits per heavy atom. The van der Waals surface area contributed by atoms with E-state index < -0.39 is 41.1 Å². The molecule has 0 spiro atoms. The van der Waals surface area contributed by atoms with Gasteiger partial charge in [-0.2, -0.15) is 13.2 Å². The number of halogens is 3. The van der Waals surface area contributed by atoms with Crippen LogP contribution in [0.1, 0.15) is 34.0 Å². The van der Waals surface area contributed by atoms with Gasteiger partial charge in [0.25, 0.3) is 5.56 Å². The van der Waals surface area contributed by atoms with E-state index in [-0.39, 0.29) is 17.7 Å². The summed E-state index contributed by atoms with van der Waals surface area (Å²) in [7, 11) is 1.47.